The number of carbonyl (C=O) groups excluding carboxylic acids is 1. The Balaban J connectivity index is 1.23. The number of carbonyl (C=O) groups is 1. The van der Waals surface area contributed by atoms with E-state index in [9.17, 15) is 4.79 Å². The summed E-state index contributed by atoms with van der Waals surface area (Å²) in [7, 11) is 0. The van der Waals surface area contributed by atoms with Crippen molar-refractivity contribution in [1.82, 2.24) is 14.7 Å². The lowest BCUT2D eigenvalue weighted by Gasteiger charge is -2.08. The molecule has 5 nitrogen and oxygen atoms in total. The molecule has 2 aromatic heterocycles. The number of imidazole rings is 1. The van der Waals surface area contributed by atoms with E-state index in [4.69, 9.17) is 4.74 Å². The molecule has 0 saturated carbocycles. The average Bonchev–Trinajstić information content (AvgIpc) is 3.19. The molecule has 152 valence electrons. The zero-order valence-corrected chi connectivity index (χ0v) is 17.6. The molecular weight excluding hydrogens is 394 g/mol. The molecule has 0 unspecified atom stereocenters. The van der Waals surface area contributed by atoms with Crippen LogP contribution in [-0.2, 0) is 5.75 Å². The third-order valence-electron chi connectivity index (χ3n) is 4.56. The molecule has 0 fully saturated rings. The molecule has 0 radical (unpaired) electrons. The monoisotopic (exact) mass is 417 g/mol. The molecule has 30 heavy (non-hydrogen) atoms. The Hall–Kier alpha value is -3.25. The number of nitrogens with one attached hydrogen (secondary N) is 1. The zero-order valence-electron chi connectivity index (χ0n) is 16.7. The Labute approximate surface area is 180 Å². The smallest absolute Gasteiger partial charge is 0.251 e. The number of ether oxygens (including phenoxy) is 1. The maximum atomic E-state index is 12.3. The summed E-state index contributed by atoms with van der Waals surface area (Å²) in [5.41, 5.74) is 3.77. The van der Waals surface area contributed by atoms with Crippen molar-refractivity contribution in [2.24, 2.45) is 0 Å². The van der Waals surface area contributed by atoms with Gasteiger partial charge < -0.3 is 14.5 Å². The predicted octanol–water partition coefficient (Wildman–Crippen LogP) is 4.74. The molecule has 0 atom stereocenters. The summed E-state index contributed by atoms with van der Waals surface area (Å²) >= 11 is 1.70. The van der Waals surface area contributed by atoms with Crippen LogP contribution in [0, 0.1) is 6.92 Å². The van der Waals surface area contributed by atoms with Gasteiger partial charge in [-0.1, -0.05) is 18.2 Å². The average molecular weight is 418 g/mol. The first-order chi connectivity index (χ1) is 14.7. The molecule has 2 heterocycles. The van der Waals surface area contributed by atoms with Crippen LogP contribution in [0.25, 0.3) is 5.65 Å². The number of rotatable bonds is 8. The summed E-state index contributed by atoms with van der Waals surface area (Å²) in [5, 5.41) is 2.89. The number of nitrogens with zero attached hydrogens (tertiary/aromatic N) is 2. The highest BCUT2D eigenvalue weighted by Gasteiger charge is 2.06. The van der Waals surface area contributed by atoms with E-state index in [0.29, 0.717) is 18.7 Å². The van der Waals surface area contributed by atoms with Gasteiger partial charge in [0.25, 0.3) is 5.91 Å². The zero-order chi connectivity index (χ0) is 20.8. The second kappa shape index (κ2) is 9.50. The van der Waals surface area contributed by atoms with Crippen LogP contribution in [0.15, 0.2) is 84.0 Å². The molecule has 0 aliphatic heterocycles. The molecule has 1 amide bonds. The molecule has 6 heteroatoms. The fourth-order valence-electron chi connectivity index (χ4n) is 3.06. The summed E-state index contributed by atoms with van der Waals surface area (Å²) in [6.45, 7) is 2.91. The summed E-state index contributed by atoms with van der Waals surface area (Å²) in [6, 6.07) is 21.5. The molecule has 0 aliphatic rings. The van der Waals surface area contributed by atoms with Crippen LogP contribution >= 0.6 is 11.8 Å². The molecule has 0 saturated heterocycles. The lowest BCUT2D eigenvalue weighted by atomic mass is 10.2. The molecule has 0 aliphatic carbocycles. The summed E-state index contributed by atoms with van der Waals surface area (Å²) in [5.74, 6) is 1.50. The lowest BCUT2D eigenvalue weighted by Crippen LogP contribution is -2.28. The van der Waals surface area contributed by atoms with Crippen molar-refractivity contribution < 1.29 is 9.53 Å². The highest BCUT2D eigenvalue weighted by atomic mass is 32.2. The number of hydrogen-bond donors (Lipinski definition) is 1. The van der Waals surface area contributed by atoms with E-state index >= 15 is 0 Å². The highest BCUT2D eigenvalue weighted by molar-refractivity contribution is 7.98. The van der Waals surface area contributed by atoms with E-state index in [1.807, 2.05) is 90.4 Å². The predicted molar refractivity (Wildman–Crippen MR) is 120 cm³/mol. The fraction of sp³-hybridized carbons (Fsp3) is 0.167. The Morgan fingerprint density at radius 3 is 2.77 bits per heavy atom. The molecule has 4 aromatic rings. The van der Waals surface area contributed by atoms with Gasteiger partial charge in [0.1, 0.15) is 18.0 Å². The van der Waals surface area contributed by atoms with Crippen LogP contribution in [0.2, 0.25) is 0 Å². The van der Waals surface area contributed by atoms with Gasteiger partial charge in [-0.3, -0.25) is 4.79 Å². The van der Waals surface area contributed by atoms with Gasteiger partial charge in [0.05, 0.1) is 12.2 Å². The largest absolute Gasteiger partial charge is 0.492 e. The number of fused-ring (bicyclic) bond motifs is 1. The van der Waals surface area contributed by atoms with E-state index in [0.717, 1.165) is 33.3 Å². The Kier molecular flexibility index (Phi) is 6.35. The first-order valence-electron chi connectivity index (χ1n) is 9.80. The van der Waals surface area contributed by atoms with E-state index in [-0.39, 0.29) is 5.91 Å². The van der Waals surface area contributed by atoms with Gasteiger partial charge in [0, 0.05) is 28.6 Å². The third-order valence-corrected chi connectivity index (χ3v) is 5.61. The van der Waals surface area contributed by atoms with Crippen molar-refractivity contribution in [3.05, 3.63) is 95.9 Å². The van der Waals surface area contributed by atoms with Crippen molar-refractivity contribution >= 4 is 23.3 Å². The first kappa shape index (κ1) is 20.0. The SMILES string of the molecule is Cc1cccc(OCCNC(=O)c2ccc(SCc3cn4ccccc4n3)cc2)c1. The van der Waals surface area contributed by atoms with Crippen molar-refractivity contribution in [3.63, 3.8) is 0 Å². The van der Waals surface area contributed by atoms with Gasteiger partial charge in [-0.15, -0.1) is 11.8 Å². The van der Waals surface area contributed by atoms with Crippen LogP contribution < -0.4 is 10.1 Å². The summed E-state index contributed by atoms with van der Waals surface area (Å²) < 4.78 is 7.68. The number of thioether (sulfide) groups is 1. The summed E-state index contributed by atoms with van der Waals surface area (Å²) in [6.07, 6.45) is 4.04. The maximum Gasteiger partial charge on any atom is 0.251 e. The minimum atomic E-state index is -0.0975. The van der Waals surface area contributed by atoms with Gasteiger partial charge in [-0.25, -0.2) is 4.98 Å². The molecule has 0 bridgehead atoms. The van der Waals surface area contributed by atoms with Crippen LogP contribution in [0.5, 0.6) is 5.75 Å². The van der Waals surface area contributed by atoms with Crippen LogP contribution in [-0.4, -0.2) is 28.4 Å². The Bertz CT molecular complexity index is 1110. The normalized spacial score (nSPS) is 10.8. The third kappa shape index (κ3) is 5.21. The van der Waals surface area contributed by atoms with E-state index < -0.39 is 0 Å². The topological polar surface area (TPSA) is 55.6 Å². The second-order valence-electron chi connectivity index (χ2n) is 6.93. The highest BCUT2D eigenvalue weighted by Crippen LogP contribution is 2.23. The first-order valence-corrected chi connectivity index (χ1v) is 10.8. The van der Waals surface area contributed by atoms with Gasteiger partial charge in [-0.05, 0) is 61.0 Å². The molecule has 2 aromatic carbocycles. The number of aromatic nitrogens is 2. The second-order valence-corrected chi connectivity index (χ2v) is 7.98. The Morgan fingerprint density at radius 2 is 1.97 bits per heavy atom. The molecule has 0 spiro atoms. The molecule has 1 N–H and O–H groups in total. The standard InChI is InChI=1S/C24H23N3O2S/c1-18-5-4-6-21(15-18)29-14-12-25-24(28)19-8-10-22(11-9-19)30-17-20-16-27-13-3-2-7-23(27)26-20/h2-11,13,15-16H,12,14,17H2,1H3,(H,25,28). The van der Waals surface area contributed by atoms with Crippen LogP contribution in [0.3, 0.4) is 0 Å². The number of benzene rings is 2. The van der Waals surface area contributed by atoms with Gasteiger partial charge in [0.2, 0.25) is 0 Å². The number of amides is 1. The maximum absolute atomic E-state index is 12.3. The van der Waals surface area contributed by atoms with Crippen LogP contribution in [0.1, 0.15) is 21.6 Å². The van der Waals surface area contributed by atoms with Crippen molar-refractivity contribution in [2.45, 2.75) is 17.6 Å². The Morgan fingerprint density at radius 1 is 1.10 bits per heavy atom. The summed E-state index contributed by atoms with van der Waals surface area (Å²) in [4.78, 5) is 18.0. The number of hydrogen-bond acceptors (Lipinski definition) is 4. The van der Waals surface area contributed by atoms with E-state index in [1.54, 1.807) is 11.8 Å². The quantitative estimate of drug-likeness (QED) is 0.332. The number of pyridine rings is 1. The van der Waals surface area contributed by atoms with Gasteiger partial charge in [-0.2, -0.15) is 0 Å². The fourth-order valence-corrected chi connectivity index (χ4v) is 3.84. The lowest BCUT2D eigenvalue weighted by molar-refractivity contribution is 0.0947. The molecule has 4 rings (SSSR count). The van der Waals surface area contributed by atoms with E-state index in [1.165, 1.54) is 0 Å². The van der Waals surface area contributed by atoms with Crippen molar-refractivity contribution in [2.75, 3.05) is 13.2 Å². The van der Waals surface area contributed by atoms with Gasteiger partial charge >= 0.3 is 0 Å². The number of aryl methyl sites for hydroxylation is 1. The van der Waals surface area contributed by atoms with Gasteiger partial charge in [0.15, 0.2) is 0 Å². The van der Waals surface area contributed by atoms with Crippen LogP contribution in [0.4, 0.5) is 0 Å². The van der Waals surface area contributed by atoms with E-state index in [2.05, 4.69) is 10.3 Å². The minimum absolute atomic E-state index is 0.0975. The minimum Gasteiger partial charge on any atom is -0.492 e. The van der Waals surface area contributed by atoms with Crippen molar-refractivity contribution in [1.29, 1.82) is 0 Å². The molecular formula is C24H23N3O2S. The van der Waals surface area contributed by atoms with Crippen molar-refractivity contribution in [3.8, 4) is 5.75 Å².